The average Bonchev–Trinajstić information content (AvgIpc) is 4.14. The van der Waals surface area contributed by atoms with Crippen molar-refractivity contribution in [2.45, 2.75) is 148 Å². The Balaban J connectivity index is 0.716. The standard InChI is InChI=1S/C66H73N5O8/c1-38-43(31-41-25-27-48-52(32-41)66(2,3)79-65(48)78)26-28-47(58(38)55(69)35-45(37-72)42-16-6-4-7-17-42)44-34-46(71-36-44)18-11-14-39-13-10-15-40(24-23-39)33-57(74)54(68)22-9-5-8-21-53(67)49-19-12-20-50-59(49)64(77)60(62(50)75)51-29-30-56(73)61(70)63(51)76/h4,6-7,12,15-17,19-20,25-28,32,36,38-39,43,45,51,60,67-70,72H,5,8-11,13-14,18,21-24,29-31,33-35,37H2,1-3H3/t38-,39?,43?,45-,51?,60?/m1/s1. The zero-order valence-corrected chi connectivity index (χ0v) is 45.8. The van der Waals surface area contributed by atoms with Crippen LogP contribution in [0, 0.1) is 51.2 Å². The SMILES string of the molecule is C[C@H]1C(C(=N)C[C@H](CO)c2ccccc2)=C(C2=CN=C(CCCC3CCC=C(CC(=O)C(=N)CCCCCC(=N)c4cccc5c4C(=O)C(C4CCC(=O)C(=N)C4=O)C5=O)CC3)C2)C=CC1Cc1ccc2c(c1)C(C)(C)OC2=O. The molecule has 410 valence electrons. The summed E-state index contributed by atoms with van der Waals surface area (Å²) in [5.41, 5.74) is 9.21. The molecule has 9 rings (SSSR count). The normalized spacial score (nSPS) is 22.9. The molecule has 79 heavy (non-hydrogen) atoms. The van der Waals surface area contributed by atoms with Crippen LogP contribution in [0.1, 0.15) is 189 Å². The summed E-state index contributed by atoms with van der Waals surface area (Å²) in [4.78, 5) is 82.5. The van der Waals surface area contributed by atoms with Crippen molar-refractivity contribution in [1.29, 1.82) is 21.6 Å². The average molecular weight is 1060 g/mol. The van der Waals surface area contributed by atoms with Gasteiger partial charge in [-0.3, -0.25) is 34.4 Å². The molecule has 4 aliphatic carbocycles. The third kappa shape index (κ3) is 12.3. The third-order valence-corrected chi connectivity index (χ3v) is 17.5. The molecule has 3 aromatic rings. The maximum absolute atomic E-state index is 13.6. The first-order chi connectivity index (χ1) is 37.9. The highest BCUT2D eigenvalue weighted by Crippen LogP contribution is 2.43. The number of nitrogens with zero attached hydrogens (tertiary/aromatic N) is 1. The monoisotopic (exact) mass is 1060 g/mol. The Morgan fingerprint density at radius 2 is 1.63 bits per heavy atom. The second kappa shape index (κ2) is 24.4. The van der Waals surface area contributed by atoms with Crippen LogP contribution >= 0.6 is 0 Å². The highest BCUT2D eigenvalue weighted by molar-refractivity contribution is 6.66. The van der Waals surface area contributed by atoms with Gasteiger partial charge in [-0.2, -0.15) is 0 Å². The number of esters is 1. The number of cyclic esters (lactones) is 1. The van der Waals surface area contributed by atoms with Crippen molar-refractivity contribution in [1.82, 2.24) is 0 Å². The van der Waals surface area contributed by atoms with Gasteiger partial charge in [0.05, 0.1) is 23.8 Å². The molecule has 0 saturated heterocycles. The number of fused-ring (bicyclic) bond motifs is 2. The molecule has 0 aromatic heterocycles. The van der Waals surface area contributed by atoms with Gasteiger partial charge >= 0.3 is 5.97 Å². The molecule has 1 saturated carbocycles. The van der Waals surface area contributed by atoms with Crippen molar-refractivity contribution in [2.24, 2.45) is 34.6 Å². The smallest absolute Gasteiger partial charge is 0.339 e. The van der Waals surface area contributed by atoms with Crippen molar-refractivity contribution >= 4 is 63.4 Å². The summed E-state index contributed by atoms with van der Waals surface area (Å²) in [5, 5.41) is 45.4. The predicted octanol–water partition coefficient (Wildman–Crippen LogP) is 12.5. The number of ketones is 5. The highest BCUT2D eigenvalue weighted by Gasteiger charge is 2.50. The number of hydrogen-bond donors (Lipinski definition) is 5. The molecule has 3 aromatic carbocycles. The first-order valence-corrected chi connectivity index (χ1v) is 28.4. The molecular formula is C66H73N5O8. The molecule has 0 amide bonds. The number of aliphatic imine (C=N–C) groups is 1. The molecule has 2 aliphatic heterocycles. The van der Waals surface area contributed by atoms with Crippen LogP contribution in [0.3, 0.4) is 0 Å². The number of carbonyl (C=O) groups excluding carboxylic acids is 6. The summed E-state index contributed by atoms with van der Waals surface area (Å²) < 4.78 is 5.66. The van der Waals surface area contributed by atoms with Gasteiger partial charge in [0.15, 0.2) is 28.9 Å². The number of Topliss-reactive ketones (excluding diaryl/α,β-unsaturated/α-hetero) is 5. The van der Waals surface area contributed by atoms with Gasteiger partial charge in [-0.15, -0.1) is 0 Å². The van der Waals surface area contributed by atoms with E-state index in [9.17, 15) is 39.3 Å². The van der Waals surface area contributed by atoms with E-state index in [4.69, 9.17) is 26.0 Å². The van der Waals surface area contributed by atoms with Gasteiger partial charge < -0.3 is 26.1 Å². The Bertz CT molecular complexity index is 3210. The highest BCUT2D eigenvalue weighted by atomic mass is 16.6. The van der Waals surface area contributed by atoms with E-state index in [0.717, 1.165) is 102 Å². The van der Waals surface area contributed by atoms with Crippen LogP contribution in [0.2, 0.25) is 0 Å². The summed E-state index contributed by atoms with van der Waals surface area (Å²) in [7, 11) is 0. The minimum Gasteiger partial charge on any atom is -0.451 e. The van der Waals surface area contributed by atoms with E-state index >= 15 is 0 Å². The van der Waals surface area contributed by atoms with Gasteiger partial charge in [0.1, 0.15) is 11.3 Å². The van der Waals surface area contributed by atoms with Crippen LogP contribution in [0.25, 0.3) is 0 Å². The maximum Gasteiger partial charge on any atom is 0.339 e. The molecule has 0 spiro atoms. The number of nitrogens with one attached hydrogen (secondary N) is 4. The lowest BCUT2D eigenvalue weighted by Gasteiger charge is -2.32. The number of ether oxygens (including phenoxy) is 1. The summed E-state index contributed by atoms with van der Waals surface area (Å²) >= 11 is 0. The Kier molecular flexibility index (Phi) is 17.4. The fourth-order valence-electron chi connectivity index (χ4n) is 12.9. The van der Waals surface area contributed by atoms with E-state index < -0.39 is 46.3 Å². The predicted molar refractivity (Wildman–Crippen MR) is 306 cm³/mol. The Hall–Kier alpha value is -7.25. The largest absolute Gasteiger partial charge is 0.451 e. The summed E-state index contributed by atoms with van der Waals surface area (Å²) in [5.74, 6) is -4.70. The zero-order chi connectivity index (χ0) is 56.1. The fourth-order valence-corrected chi connectivity index (χ4v) is 12.9. The summed E-state index contributed by atoms with van der Waals surface area (Å²) in [6, 6.07) is 20.7. The molecule has 6 atom stereocenters. The van der Waals surface area contributed by atoms with Gasteiger partial charge in [0.25, 0.3) is 0 Å². The van der Waals surface area contributed by atoms with Crippen molar-refractivity contribution in [3.05, 3.63) is 152 Å². The first kappa shape index (κ1) is 56.5. The second-order valence-electron chi connectivity index (χ2n) is 23.2. The summed E-state index contributed by atoms with van der Waals surface area (Å²) in [6.45, 7) is 6.00. The first-order valence-electron chi connectivity index (χ1n) is 28.4. The number of aliphatic hydroxyl groups excluding tert-OH is 1. The van der Waals surface area contributed by atoms with Crippen LogP contribution in [-0.2, 0) is 31.1 Å². The van der Waals surface area contributed by atoms with Crippen molar-refractivity contribution in [3.8, 4) is 0 Å². The topological polar surface area (TPSA) is 240 Å². The molecule has 4 unspecified atom stereocenters. The van der Waals surface area contributed by atoms with Gasteiger partial charge in [-0.05, 0) is 149 Å². The van der Waals surface area contributed by atoms with E-state index in [1.54, 1.807) is 12.1 Å². The van der Waals surface area contributed by atoms with Crippen molar-refractivity contribution in [2.75, 3.05) is 6.61 Å². The lowest BCUT2D eigenvalue weighted by atomic mass is 9.72. The van der Waals surface area contributed by atoms with Gasteiger partial charge in [-0.25, -0.2) is 4.79 Å². The van der Waals surface area contributed by atoms with Gasteiger partial charge in [-0.1, -0.05) is 104 Å². The van der Waals surface area contributed by atoms with E-state index in [1.165, 1.54) is 6.07 Å². The molecule has 2 heterocycles. The quantitative estimate of drug-likeness (QED) is 0.0201. The van der Waals surface area contributed by atoms with Crippen molar-refractivity contribution in [3.63, 3.8) is 0 Å². The number of benzene rings is 3. The molecule has 13 nitrogen and oxygen atoms in total. The molecule has 5 N–H and O–H groups in total. The van der Waals surface area contributed by atoms with E-state index in [2.05, 4.69) is 31.2 Å². The minimum absolute atomic E-state index is 0.0155. The second-order valence-corrected chi connectivity index (χ2v) is 23.2. The Morgan fingerprint density at radius 1 is 0.848 bits per heavy atom. The van der Waals surface area contributed by atoms with Crippen LogP contribution in [-0.4, -0.2) is 75.2 Å². The van der Waals surface area contributed by atoms with Gasteiger partial charge in [0, 0.05) is 76.7 Å². The lowest BCUT2D eigenvalue weighted by Crippen LogP contribution is -2.42. The minimum atomic E-state index is -1.28. The van der Waals surface area contributed by atoms with Crippen LogP contribution in [0.15, 0.2) is 118 Å². The number of allylic oxidation sites excluding steroid dienone is 7. The molecule has 1 fully saturated rings. The zero-order valence-electron chi connectivity index (χ0n) is 45.8. The Morgan fingerprint density at radius 3 is 2.42 bits per heavy atom. The maximum atomic E-state index is 13.6. The third-order valence-electron chi connectivity index (χ3n) is 17.5. The number of hydrogen-bond acceptors (Lipinski definition) is 13. The molecule has 0 bridgehead atoms. The van der Waals surface area contributed by atoms with Crippen molar-refractivity contribution < 1.29 is 38.6 Å². The van der Waals surface area contributed by atoms with Crippen LogP contribution in [0.4, 0.5) is 0 Å². The lowest BCUT2D eigenvalue weighted by molar-refractivity contribution is -0.122. The molecule has 6 aliphatic rings. The number of unbranched alkanes of at least 4 members (excludes halogenated alkanes) is 2. The molecule has 0 radical (unpaired) electrons. The van der Waals surface area contributed by atoms with E-state index in [0.29, 0.717) is 61.3 Å². The molecule has 13 heteroatoms. The van der Waals surface area contributed by atoms with Gasteiger partial charge in [0.2, 0.25) is 0 Å². The summed E-state index contributed by atoms with van der Waals surface area (Å²) in [6.07, 6.45) is 20.1. The Labute approximate surface area is 463 Å². The van der Waals surface area contributed by atoms with E-state index in [1.807, 2.05) is 62.5 Å². The van der Waals surface area contributed by atoms with Crippen LogP contribution in [0.5, 0.6) is 0 Å². The molecular weight excluding hydrogens is 991 g/mol. The number of aliphatic hydroxyl groups is 1. The fraction of sp³-hybridized carbons (Fsp3) is 0.439. The van der Waals surface area contributed by atoms with Crippen LogP contribution < -0.4 is 0 Å². The number of rotatable bonds is 23. The van der Waals surface area contributed by atoms with E-state index in [-0.39, 0.29) is 77.9 Å². The number of carbonyl (C=O) groups is 6.